The first-order valence-electron chi connectivity index (χ1n) is 11.7. The first-order chi connectivity index (χ1) is 17.0. The Labute approximate surface area is 227 Å². The third-order valence-electron chi connectivity index (χ3n) is 5.87. The van der Waals surface area contributed by atoms with Gasteiger partial charge in [-0.2, -0.15) is 0 Å². The van der Waals surface area contributed by atoms with Crippen LogP contribution in [-0.4, -0.2) is 18.0 Å². The summed E-state index contributed by atoms with van der Waals surface area (Å²) in [4.78, 5) is 9.03. The molecule has 3 aromatic carbocycles. The van der Waals surface area contributed by atoms with Crippen LogP contribution in [0.2, 0.25) is 19.6 Å². The molecule has 0 saturated carbocycles. The fourth-order valence-electron chi connectivity index (χ4n) is 3.96. The van der Waals surface area contributed by atoms with Crippen molar-refractivity contribution >= 4 is 13.3 Å². The predicted octanol–water partition coefficient (Wildman–Crippen LogP) is 7.41. The van der Waals surface area contributed by atoms with Crippen molar-refractivity contribution < 1.29 is 24.8 Å². The standard InChI is InChI=1S/C17H10NO.C14H16NSi.Ir/c1-3-9-15-12(6-1)13-8-5-11-18-17(13)14-7-2-4-10-16(14)19-15;1-16(2,3)13-9-10-14(15-11-13)12-7-5-4-6-8-12;/h1-6,8-11H;4-7,9-11H,1-3H3;/q2*-1;. The van der Waals surface area contributed by atoms with Gasteiger partial charge in [0.05, 0.1) is 8.07 Å². The van der Waals surface area contributed by atoms with Crippen LogP contribution in [0.4, 0.5) is 0 Å². The number of hydrogen-bond acceptors (Lipinski definition) is 3. The molecule has 1 aliphatic rings. The van der Waals surface area contributed by atoms with Gasteiger partial charge in [0.1, 0.15) is 5.75 Å². The van der Waals surface area contributed by atoms with Gasteiger partial charge in [-0.25, -0.2) is 0 Å². The zero-order valence-electron chi connectivity index (χ0n) is 20.5. The Hall–Kier alpha value is -3.37. The SMILES string of the molecule is C[Si](C)(C)c1ccc(-c2[c-]cccc2)nc1.[Ir].[c-]1cccc2c1-c1ncccc1-c1ccccc1O2. The summed E-state index contributed by atoms with van der Waals surface area (Å²) in [5.74, 6) is 1.66. The number of pyridine rings is 2. The normalized spacial score (nSPS) is 11.2. The number of rotatable bonds is 2. The second-order valence-corrected chi connectivity index (χ2v) is 14.4. The Morgan fingerprint density at radius 1 is 0.694 bits per heavy atom. The molecule has 0 fully saturated rings. The number of ether oxygens (including phenoxy) is 1. The zero-order valence-corrected chi connectivity index (χ0v) is 23.8. The number of fused-ring (bicyclic) bond motifs is 5. The van der Waals surface area contributed by atoms with Crippen LogP contribution in [0.3, 0.4) is 0 Å². The third kappa shape index (κ3) is 5.54. The predicted molar refractivity (Wildman–Crippen MR) is 146 cm³/mol. The van der Waals surface area contributed by atoms with Crippen molar-refractivity contribution in [2.24, 2.45) is 0 Å². The molecule has 0 bridgehead atoms. The first kappa shape index (κ1) is 25.7. The molecule has 3 heterocycles. The van der Waals surface area contributed by atoms with E-state index in [1.54, 1.807) is 6.20 Å². The molecule has 0 amide bonds. The summed E-state index contributed by atoms with van der Waals surface area (Å²) in [7, 11) is -1.23. The van der Waals surface area contributed by atoms with Crippen molar-refractivity contribution in [2.75, 3.05) is 0 Å². The van der Waals surface area contributed by atoms with E-state index >= 15 is 0 Å². The van der Waals surface area contributed by atoms with E-state index in [2.05, 4.69) is 66.0 Å². The van der Waals surface area contributed by atoms with E-state index in [9.17, 15) is 0 Å². The average Bonchev–Trinajstić information content (AvgIpc) is 3.04. The fourth-order valence-corrected chi connectivity index (χ4v) is 4.99. The molecule has 5 heteroatoms. The molecule has 2 aromatic heterocycles. The Morgan fingerprint density at radius 2 is 1.44 bits per heavy atom. The molecule has 0 spiro atoms. The van der Waals surface area contributed by atoms with Crippen molar-refractivity contribution in [3.63, 3.8) is 0 Å². The maximum absolute atomic E-state index is 6.01. The van der Waals surface area contributed by atoms with Gasteiger partial charge in [0.2, 0.25) is 0 Å². The summed E-state index contributed by atoms with van der Waals surface area (Å²) >= 11 is 0. The molecule has 3 nitrogen and oxygen atoms in total. The van der Waals surface area contributed by atoms with Gasteiger partial charge < -0.3 is 14.7 Å². The van der Waals surface area contributed by atoms with Gasteiger partial charge in [-0.15, -0.1) is 60.2 Å². The summed E-state index contributed by atoms with van der Waals surface area (Å²) < 4.78 is 6.01. The van der Waals surface area contributed by atoms with E-state index in [4.69, 9.17) is 4.74 Å². The number of para-hydroxylation sites is 1. The van der Waals surface area contributed by atoms with Crippen LogP contribution < -0.4 is 9.92 Å². The summed E-state index contributed by atoms with van der Waals surface area (Å²) in [6.45, 7) is 7.00. The van der Waals surface area contributed by atoms with Gasteiger partial charge >= 0.3 is 0 Å². The Kier molecular flexibility index (Phi) is 7.95. The first-order valence-corrected chi connectivity index (χ1v) is 15.2. The molecule has 1 aliphatic heterocycles. The summed E-state index contributed by atoms with van der Waals surface area (Å²) in [6, 6.07) is 36.5. The monoisotopic (exact) mass is 663 g/mol. The van der Waals surface area contributed by atoms with E-state index in [1.807, 2.05) is 72.9 Å². The molecule has 0 aliphatic carbocycles. The van der Waals surface area contributed by atoms with E-state index in [1.165, 1.54) is 5.19 Å². The van der Waals surface area contributed by atoms with Gasteiger partial charge in [-0.05, 0) is 34.3 Å². The number of hydrogen-bond donors (Lipinski definition) is 0. The third-order valence-corrected chi connectivity index (χ3v) is 7.90. The molecule has 6 rings (SSSR count). The Morgan fingerprint density at radius 3 is 2.19 bits per heavy atom. The van der Waals surface area contributed by atoms with Gasteiger partial charge in [-0.3, -0.25) is 0 Å². The molecule has 181 valence electrons. The van der Waals surface area contributed by atoms with Crippen molar-refractivity contribution in [2.45, 2.75) is 19.6 Å². The molecule has 36 heavy (non-hydrogen) atoms. The quantitative estimate of drug-likeness (QED) is 0.143. The van der Waals surface area contributed by atoms with Gasteiger partial charge in [-0.1, -0.05) is 61.6 Å². The Balaban J connectivity index is 0.000000167. The molecule has 0 saturated heterocycles. The van der Waals surface area contributed by atoms with Crippen LogP contribution in [0.5, 0.6) is 11.5 Å². The second-order valence-electron chi connectivity index (χ2n) is 9.37. The molecular weight excluding hydrogens is 637 g/mol. The zero-order chi connectivity index (χ0) is 24.3. The Bertz CT molecular complexity index is 1380. The van der Waals surface area contributed by atoms with Crippen molar-refractivity contribution in [3.05, 3.63) is 116 Å². The minimum Gasteiger partial charge on any atom is -0.501 e. The second kappa shape index (κ2) is 11.1. The molecule has 1 radical (unpaired) electrons. The van der Waals surface area contributed by atoms with Crippen molar-refractivity contribution in [3.8, 4) is 45.1 Å². The van der Waals surface area contributed by atoms with Crippen molar-refractivity contribution in [1.82, 2.24) is 9.97 Å². The van der Waals surface area contributed by atoms with Crippen LogP contribution in [0.25, 0.3) is 33.6 Å². The van der Waals surface area contributed by atoms with E-state index < -0.39 is 8.07 Å². The van der Waals surface area contributed by atoms with Crippen LogP contribution in [0.15, 0.2) is 103 Å². The molecular formula is C31H26IrN2OSi-2. The fraction of sp³-hybridized carbons (Fsp3) is 0.0968. The minimum atomic E-state index is -1.23. The molecule has 0 atom stereocenters. The summed E-state index contributed by atoms with van der Waals surface area (Å²) in [5.41, 5.74) is 6.04. The van der Waals surface area contributed by atoms with E-state index in [0.717, 1.165) is 45.1 Å². The number of benzene rings is 3. The summed E-state index contributed by atoms with van der Waals surface area (Å²) in [5, 5.41) is 1.40. The van der Waals surface area contributed by atoms with Crippen LogP contribution in [0, 0.1) is 12.1 Å². The smallest absolute Gasteiger partial charge is 0.121 e. The van der Waals surface area contributed by atoms with Crippen LogP contribution in [-0.2, 0) is 20.1 Å². The van der Waals surface area contributed by atoms with Crippen molar-refractivity contribution in [1.29, 1.82) is 0 Å². The number of aromatic nitrogens is 2. The number of nitrogens with zero attached hydrogens (tertiary/aromatic N) is 2. The maximum Gasteiger partial charge on any atom is 0.121 e. The topological polar surface area (TPSA) is 35.0 Å². The largest absolute Gasteiger partial charge is 0.501 e. The minimum absolute atomic E-state index is 0. The molecule has 0 N–H and O–H groups in total. The van der Waals surface area contributed by atoms with Gasteiger partial charge in [0.25, 0.3) is 0 Å². The van der Waals surface area contributed by atoms with E-state index in [-0.39, 0.29) is 20.1 Å². The van der Waals surface area contributed by atoms with Gasteiger partial charge in [0.15, 0.2) is 0 Å². The molecule has 5 aromatic rings. The average molecular weight is 663 g/mol. The maximum atomic E-state index is 6.01. The molecule has 0 unspecified atom stereocenters. The van der Waals surface area contributed by atoms with Crippen LogP contribution in [0.1, 0.15) is 0 Å². The van der Waals surface area contributed by atoms with Gasteiger partial charge in [0, 0.05) is 43.8 Å². The van der Waals surface area contributed by atoms with Crippen LogP contribution >= 0.6 is 0 Å². The van der Waals surface area contributed by atoms with E-state index in [0.29, 0.717) is 0 Å². The summed E-state index contributed by atoms with van der Waals surface area (Å²) in [6.07, 6.45) is 3.82.